The molecule has 134 valence electrons. The minimum atomic E-state index is -0.356. The first-order valence-electron chi connectivity index (χ1n) is 7.91. The molecule has 2 heterocycles. The molecule has 0 aliphatic carbocycles. The summed E-state index contributed by atoms with van der Waals surface area (Å²) >= 11 is 7.32. The van der Waals surface area contributed by atoms with Crippen LogP contribution in [0, 0.1) is 0 Å². The average Bonchev–Trinajstić information content (AvgIpc) is 3.31. The Hall–Kier alpha value is -3.16. The normalized spacial score (nSPS) is 10.7. The lowest BCUT2D eigenvalue weighted by molar-refractivity contribution is 0.0995. The molecule has 4 aromatic rings. The van der Waals surface area contributed by atoms with E-state index in [0.29, 0.717) is 21.4 Å². The Bertz CT molecular complexity index is 1120. The SMILES string of the molecule is O=C(Nc1nc2ccc(Cl)cc2s1)c1ccc(NC(=O)c2ccco2)cc1. The molecule has 0 spiro atoms. The molecule has 6 nitrogen and oxygen atoms in total. The van der Waals surface area contributed by atoms with E-state index in [2.05, 4.69) is 15.6 Å². The van der Waals surface area contributed by atoms with E-state index in [1.807, 2.05) is 0 Å². The summed E-state index contributed by atoms with van der Waals surface area (Å²) in [5.41, 5.74) is 1.78. The molecule has 2 N–H and O–H groups in total. The van der Waals surface area contributed by atoms with Crippen LogP contribution in [-0.2, 0) is 0 Å². The third-order valence-corrected chi connectivity index (χ3v) is 4.89. The van der Waals surface area contributed by atoms with Crippen molar-refractivity contribution >= 4 is 55.8 Å². The van der Waals surface area contributed by atoms with Crippen molar-refractivity contribution in [1.82, 2.24) is 4.98 Å². The number of amides is 2. The summed E-state index contributed by atoms with van der Waals surface area (Å²) in [7, 11) is 0. The lowest BCUT2D eigenvalue weighted by Gasteiger charge is -2.05. The molecule has 0 aliphatic heterocycles. The number of hydrogen-bond acceptors (Lipinski definition) is 5. The largest absolute Gasteiger partial charge is 0.459 e. The molecule has 8 heteroatoms. The van der Waals surface area contributed by atoms with E-state index in [9.17, 15) is 9.59 Å². The fourth-order valence-electron chi connectivity index (χ4n) is 2.43. The molecule has 0 aliphatic rings. The number of benzene rings is 2. The Labute approximate surface area is 162 Å². The monoisotopic (exact) mass is 397 g/mol. The van der Waals surface area contributed by atoms with Crippen LogP contribution in [-0.4, -0.2) is 16.8 Å². The van der Waals surface area contributed by atoms with Gasteiger partial charge in [-0.25, -0.2) is 4.98 Å². The molecular weight excluding hydrogens is 386 g/mol. The quantitative estimate of drug-likeness (QED) is 0.504. The first-order valence-corrected chi connectivity index (χ1v) is 9.10. The number of furan rings is 1. The maximum Gasteiger partial charge on any atom is 0.291 e. The summed E-state index contributed by atoms with van der Waals surface area (Å²) in [6.45, 7) is 0. The molecule has 0 unspecified atom stereocenters. The van der Waals surface area contributed by atoms with Crippen LogP contribution in [0.3, 0.4) is 0 Å². The van der Waals surface area contributed by atoms with Crippen molar-refractivity contribution in [3.05, 3.63) is 77.2 Å². The van der Waals surface area contributed by atoms with E-state index < -0.39 is 0 Å². The molecule has 0 atom stereocenters. The molecule has 4 rings (SSSR count). The lowest BCUT2D eigenvalue weighted by Crippen LogP contribution is -2.13. The van der Waals surface area contributed by atoms with E-state index in [0.717, 1.165) is 10.2 Å². The zero-order chi connectivity index (χ0) is 18.8. The van der Waals surface area contributed by atoms with Gasteiger partial charge in [-0.2, -0.15) is 0 Å². The lowest BCUT2D eigenvalue weighted by atomic mass is 10.2. The number of rotatable bonds is 4. The minimum absolute atomic E-state index is 0.216. The highest BCUT2D eigenvalue weighted by Gasteiger charge is 2.12. The van der Waals surface area contributed by atoms with Crippen LogP contribution in [0.5, 0.6) is 0 Å². The molecule has 2 amide bonds. The number of hydrogen-bond donors (Lipinski definition) is 2. The van der Waals surface area contributed by atoms with Gasteiger partial charge in [0.2, 0.25) is 0 Å². The van der Waals surface area contributed by atoms with Crippen LogP contribution >= 0.6 is 22.9 Å². The number of nitrogens with zero attached hydrogens (tertiary/aromatic N) is 1. The van der Waals surface area contributed by atoms with Gasteiger partial charge in [0.25, 0.3) is 11.8 Å². The van der Waals surface area contributed by atoms with Crippen LogP contribution in [0.15, 0.2) is 65.3 Å². The van der Waals surface area contributed by atoms with Crippen molar-refractivity contribution in [1.29, 1.82) is 0 Å². The van der Waals surface area contributed by atoms with Gasteiger partial charge in [0.05, 0.1) is 16.5 Å². The first-order chi connectivity index (χ1) is 13.1. The highest BCUT2D eigenvalue weighted by molar-refractivity contribution is 7.22. The van der Waals surface area contributed by atoms with Gasteiger partial charge in [0.15, 0.2) is 10.9 Å². The summed E-state index contributed by atoms with van der Waals surface area (Å²) in [5.74, 6) is -0.429. The number of aromatic nitrogens is 1. The second-order valence-corrected chi connectivity index (χ2v) is 7.06. The average molecular weight is 398 g/mol. The topological polar surface area (TPSA) is 84.2 Å². The molecule has 2 aromatic heterocycles. The van der Waals surface area contributed by atoms with E-state index in [4.69, 9.17) is 16.0 Å². The van der Waals surface area contributed by atoms with Crippen molar-refractivity contribution in [2.24, 2.45) is 0 Å². The number of carbonyl (C=O) groups excluding carboxylic acids is 2. The van der Waals surface area contributed by atoms with Gasteiger partial charge < -0.3 is 9.73 Å². The van der Waals surface area contributed by atoms with Gasteiger partial charge in [-0.05, 0) is 54.6 Å². The second-order valence-electron chi connectivity index (χ2n) is 5.59. The van der Waals surface area contributed by atoms with Crippen LogP contribution < -0.4 is 10.6 Å². The van der Waals surface area contributed by atoms with Crippen LogP contribution in [0.4, 0.5) is 10.8 Å². The minimum Gasteiger partial charge on any atom is -0.459 e. The fourth-order valence-corrected chi connectivity index (χ4v) is 3.56. The number of anilines is 2. The van der Waals surface area contributed by atoms with Crippen LogP contribution in [0.25, 0.3) is 10.2 Å². The van der Waals surface area contributed by atoms with E-state index in [1.54, 1.807) is 54.6 Å². The Morgan fingerprint density at radius 2 is 1.81 bits per heavy atom. The summed E-state index contributed by atoms with van der Waals surface area (Å²) < 4.78 is 5.93. The van der Waals surface area contributed by atoms with Gasteiger partial charge in [0, 0.05) is 16.3 Å². The van der Waals surface area contributed by atoms with Crippen molar-refractivity contribution in [2.75, 3.05) is 10.6 Å². The number of fused-ring (bicyclic) bond motifs is 1. The van der Waals surface area contributed by atoms with Gasteiger partial charge in [0.1, 0.15) is 0 Å². The van der Waals surface area contributed by atoms with Gasteiger partial charge in [-0.1, -0.05) is 22.9 Å². The standard InChI is InChI=1S/C19H12ClN3O3S/c20-12-5-8-14-16(10-12)27-19(22-14)23-17(24)11-3-6-13(7-4-11)21-18(25)15-2-1-9-26-15/h1-10H,(H,21,25)(H,22,23,24). The molecule has 0 radical (unpaired) electrons. The van der Waals surface area contributed by atoms with Gasteiger partial charge in [-0.15, -0.1) is 0 Å². The van der Waals surface area contributed by atoms with E-state index in [1.165, 1.54) is 17.6 Å². The summed E-state index contributed by atoms with van der Waals surface area (Å²) in [5, 5.41) is 6.58. The van der Waals surface area contributed by atoms with E-state index >= 15 is 0 Å². The van der Waals surface area contributed by atoms with E-state index in [-0.39, 0.29) is 17.6 Å². The maximum absolute atomic E-state index is 12.4. The van der Waals surface area contributed by atoms with Crippen molar-refractivity contribution < 1.29 is 14.0 Å². The Balaban J connectivity index is 1.44. The molecule has 0 fully saturated rings. The summed E-state index contributed by atoms with van der Waals surface area (Å²) in [6.07, 6.45) is 1.43. The molecule has 0 saturated heterocycles. The molecule has 2 aromatic carbocycles. The zero-order valence-corrected chi connectivity index (χ0v) is 15.3. The predicted octanol–water partition coefficient (Wildman–Crippen LogP) is 5.05. The fraction of sp³-hybridized carbons (Fsp3) is 0. The predicted molar refractivity (Wildman–Crippen MR) is 106 cm³/mol. The van der Waals surface area contributed by atoms with Gasteiger partial charge >= 0.3 is 0 Å². The Morgan fingerprint density at radius 1 is 1.00 bits per heavy atom. The summed E-state index contributed by atoms with van der Waals surface area (Å²) in [6, 6.07) is 15.1. The first kappa shape index (κ1) is 17.3. The molecule has 27 heavy (non-hydrogen) atoms. The highest BCUT2D eigenvalue weighted by Crippen LogP contribution is 2.28. The maximum atomic E-state index is 12.4. The van der Waals surface area contributed by atoms with Crippen LogP contribution in [0.2, 0.25) is 5.02 Å². The number of carbonyl (C=O) groups is 2. The smallest absolute Gasteiger partial charge is 0.291 e. The van der Waals surface area contributed by atoms with Crippen molar-refractivity contribution in [2.45, 2.75) is 0 Å². The number of thiazole rings is 1. The highest BCUT2D eigenvalue weighted by atomic mass is 35.5. The number of halogens is 1. The van der Waals surface area contributed by atoms with Crippen LogP contribution in [0.1, 0.15) is 20.9 Å². The summed E-state index contributed by atoms with van der Waals surface area (Å²) in [4.78, 5) is 28.7. The van der Waals surface area contributed by atoms with Crippen molar-refractivity contribution in [3.8, 4) is 0 Å². The van der Waals surface area contributed by atoms with Gasteiger partial charge in [-0.3, -0.25) is 14.9 Å². The molecular formula is C19H12ClN3O3S. The molecule has 0 saturated carbocycles. The zero-order valence-electron chi connectivity index (χ0n) is 13.7. The number of nitrogens with one attached hydrogen (secondary N) is 2. The third-order valence-electron chi connectivity index (χ3n) is 3.72. The molecule has 0 bridgehead atoms. The Kier molecular flexibility index (Phi) is 4.62. The second kappa shape index (κ2) is 7.22. The third kappa shape index (κ3) is 3.84. The van der Waals surface area contributed by atoms with Crippen molar-refractivity contribution in [3.63, 3.8) is 0 Å². The Morgan fingerprint density at radius 3 is 2.56 bits per heavy atom.